The van der Waals surface area contributed by atoms with Gasteiger partial charge in [-0.1, -0.05) is 0 Å². The average molecular weight is 244 g/mol. The Hall–Kier alpha value is -1.50. The number of carbonyl (C=O) groups is 2. The zero-order chi connectivity index (χ0) is 12.7. The molecule has 7 heteroatoms. The van der Waals surface area contributed by atoms with Crippen molar-refractivity contribution in [2.45, 2.75) is 49.3 Å². The van der Waals surface area contributed by atoms with Crippen LogP contribution in [0.15, 0.2) is 0 Å². The van der Waals surface area contributed by atoms with E-state index in [2.05, 4.69) is 10.6 Å². The van der Waals surface area contributed by atoms with Crippen molar-refractivity contribution in [3.63, 3.8) is 0 Å². The van der Waals surface area contributed by atoms with Gasteiger partial charge < -0.3 is 26.0 Å². The normalized spacial score (nSPS) is 39.7. The molecular formula is C10H16N2O5. The maximum Gasteiger partial charge on any atom is 0.405 e. The van der Waals surface area contributed by atoms with Gasteiger partial charge in [-0.2, -0.15) is 0 Å². The summed E-state index contributed by atoms with van der Waals surface area (Å²) in [5.74, 6) is 0. The molecule has 2 amide bonds. The Morgan fingerprint density at radius 2 is 1.53 bits per heavy atom. The quantitative estimate of drug-likeness (QED) is 0.480. The lowest BCUT2D eigenvalue weighted by atomic mass is 9.60. The Bertz CT molecular complexity index is 349. The highest BCUT2D eigenvalue weighted by Gasteiger charge is 2.55. The summed E-state index contributed by atoms with van der Waals surface area (Å²) in [5, 5.41) is 32.4. The summed E-state index contributed by atoms with van der Waals surface area (Å²) < 4.78 is 0. The van der Waals surface area contributed by atoms with Crippen LogP contribution in [-0.2, 0) is 0 Å². The van der Waals surface area contributed by atoms with Crippen molar-refractivity contribution < 1.29 is 24.9 Å². The lowest BCUT2D eigenvalue weighted by Crippen LogP contribution is -2.69. The van der Waals surface area contributed by atoms with Crippen molar-refractivity contribution in [3.8, 4) is 0 Å². The predicted octanol–water partition coefficient (Wildman–Crippen LogP) is 0.338. The van der Waals surface area contributed by atoms with Crippen molar-refractivity contribution in [2.75, 3.05) is 0 Å². The van der Waals surface area contributed by atoms with Gasteiger partial charge in [0.15, 0.2) is 0 Å². The van der Waals surface area contributed by atoms with Gasteiger partial charge in [-0.25, -0.2) is 9.59 Å². The minimum Gasteiger partial charge on any atom is -0.465 e. The highest BCUT2D eigenvalue weighted by atomic mass is 16.4. The number of aliphatic hydroxyl groups excluding tert-OH is 1. The molecule has 2 bridgehead atoms. The molecule has 3 rings (SSSR count). The standard InChI is InChI=1S/C10H16N2O5/c13-6-5-9(11-7(14)15)1-3-10(6,4-2-9)12-8(16)17/h6,11-13H,1-5H2,(H,14,15)(H,16,17). The third-order valence-electron chi connectivity index (χ3n) is 4.05. The lowest BCUT2D eigenvalue weighted by Gasteiger charge is -2.55. The Kier molecular flexibility index (Phi) is 2.65. The Labute approximate surface area is 97.8 Å². The van der Waals surface area contributed by atoms with Gasteiger partial charge in [0, 0.05) is 5.54 Å². The second-order valence-electron chi connectivity index (χ2n) is 5.02. The highest BCUT2D eigenvalue weighted by Crippen LogP contribution is 2.46. The van der Waals surface area contributed by atoms with Crippen LogP contribution in [0.3, 0.4) is 0 Å². The molecule has 1 unspecified atom stereocenters. The van der Waals surface area contributed by atoms with E-state index in [0.717, 1.165) is 0 Å². The van der Waals surface area contributed by atoms with Gasteiger partial charge in [-0.15, -0.1) is 0 Å². The van der Waals surface area contributed by atoms with Crippen LogP contribution in [0.25, 0.3) is 0 Å². The van der Waals surface area contributed by atoms with Crippen LogP contribution >= 0.6 is 0 Å². The molecule has 3 aliphatic rings. The largest absolute Gasteiger partial charge is 0.465 e. The smallest absolute Gasteiger partial charge is 0.405 e. The van der Waals surface area contributed by atoms with Crippen molar-refractivity contribution in [1.29, 1.82) is 0 Å². The SMILES string of the molecule is O=C(O)NC12CCC(NC(=O)O)(CC1)C(O)C2. The van der Waals surface area contributed by atoms with Gasteiger partial charge >= 0.3 is 12.2 Å². The summed E-state index contributed by atoms with van der Waals surface area (Å²) in [7, 11) is 0. The van der Waals surface area contributed by atoms with Crippen LogP contribution in [-0.4, -0.2) is 44.7 Å². The molecule has 3 fully saturated rings. The number of fused-ring (bicyclic) bond motifs is 3. The Morgan fingerprint density at radius 3 is 1.94 bits per heavy atom. The third-order valence-corrected chi connectivity index (χ3v) is 4.05. The van der Waals surface area contributed by atoms with Gasteiger partial charge in [-0.3, -0.25) is 0 Å². The van der Waals surface area contributed by atoms with Gasteiger partial charge in [0.1, 0.15) is 0 Å². The van der Waals surface area contributed by atoms with E-state index in [4.69, 9.17) is 10.2 Å². The Morgan fingerprint density at radius 1 is 1.00 bits per heavy atom. The summed E-state index contributed by atoms with van der Waals surface area (Å²) in [6, 6.07) is 0. The van der Waals surface area contributed by atoms with Crippen molar-refractivity contribution in [2.24, 2.45) is 0 Å². The van der Waals surface area contributed by atoms with Gasteiger partial charge in [0.2, 0.25) is 0 Å². The number of nitrogens with one attached hydrogen (secondary N) is 2. The number of hydrogen-bond acceptors (Lipinski definition) is 3. The summed E-state index contributed by atoms with van der Waals surface area (Å²) in [4.78, 5) is 21.4. The molecule has 0 radical (unpaired) electrons. The molecule has 17 heavy (non-hydrogen) atoms. The monoisotopic (exact) mass is 244 g/mol. The maximum atomic E-state index is 10.7. The van der Waals surface area contributed by atoms with Crippen LogP contribution in [0.2, 0.25) is 0 Å². The summed E-state index contributed by atoms with van der Waals surface area (Å²) >= 11 is 0. The van der Waals surface area contributed by atoms with Gasteiger partial charge in [0.05, 0.1) is 11.6 Å². The molecule has 0 saturated heterocycles. The van der Waals surface area contributed by atoms with E-state index < -0.39 is 29.4 Å². The van der Waals surface area contributed by atoms with Crippen molar-refractivity contribution >= 4 is 12.2 Å². The minimum absolute atomic E-state index is 0.263. The summed E-state index contributed by atoms with van der Waals surface area (Å²) in [6.07, 6.45) is -0.802. The number of rotatable bonds is 2. The molecular weight excluding hydrogens is 228 g/mol. The fraction of sp³-hybridized carbons (Fsp3) is 0.800. The molecule has 0 aromatic heterocycles. The molecule has 5 N–H and O–H groups in total. The Balaban J connectivity index is 2.12. The van der Waals surface area contributed by atoms with Crippen molar-refractivity contribution in [1.82, 2.24) is 10.6 Å². The summed E-state index contributed by atoms with van der Waals surface area (Å²) in [6.45, 7) is 0. The first-order chi connectivity index (χ1) is 7.88. The van der Waals surface area contributed by atoms with E-state index in [9.17, 15) is 14.7 Å². The second kappa shape index (κ2) is 3.76. The fourth-order valence-corrected chi connectivity index (χ4v) is 3.10. The van der Waals surface area contributed by atoms with Gasteiger partial charge in [-0.05, 0) is 32.1 Å². The predicted molar refractivity (Wildman–Crippen MR) is 56.9 cm³/mol. The van der Waals surface area contributed by atoms with E-state index in [1.807, 2.05) is 0 Å². The molecule has 0 spiro atoms. The van der Waals surface area contributed by atoms with E-state index in [-0.39, 0.29) is 6.42 Å². The van der Waals surface area contributed by atoms with E-state index in [1.165, 1.54) is 0 Å². The van der Waals surface area contributed by atoms with E-state index in [1.54, 1.807) is 0 Å². The van der Waals surface area contributed by atoms with Crippen LogP contribution in [0.5, 0.6) is 0 Å². The number of hydrogen-bond donors (Lipinski definition) is 5. The summed E-state index contributed by atoms with van der Waals surface area (Å²) in [5.41, 5.74) is -1.39. The molecule has 0 aliphatic heterocycles. The van der Waals surface area contributed by atoms with Crippen LogP contribution < -0.4 is 10.6 Å². The average Bonchev–Trinajstić information content (AvgIpc) is 2.18. The molecule has 0 heterocycles. The molecule has 7 nitrogen and oxygen atoms in total. The van der Waals surface area contributed by atoms with Gasteiger partial charge in [0.25, 0.3) is 0 Å². The minimum atomic E-state index is -1.15. The van der Waals surface area contributed by atoms with E-state index >= 15 is 0 Å². The first-order valence-corrected chi connectivity index (χ1v) is 5.58. The fourth-order valence-electron chi connectivity index (χ4n) is 3.10. The van der Waals surface area contributed by atoms with Crippen LogP contribution in [0.1, 0.15) is 32.1 Å². The maximum absolute atomic E-state index is 10.7. The lowest BCUT2D eigenvalue weighted by molar-refractivity contribution is -0.0566. The van der Waals surface area contributed by atoms with Crippen molar-refractivity contribution in [3.05, 3.63) is 0 Å². The molecule has 3 saturated carbocycles. The van der Waals surface area contributed by atoms with Crippen LogP contribution in [0.4, 0.5) is 9.59 Å². The number of carboxylic acid groups (broad SMARTS) is 2. The second-order valence-corrected chi connectivity index (χ2v) is 5.02. The highest BCUT2D eigenvalue weighted by molar-refractivity contribution is 5.67. The zero-order valence-electron chi connectivity index (χ0n) is 9.27. The van der Waals surface area contributed by atoms with Crippen LogP contribution in [0, 0.1) is 0 Å². The molecule has 96 valence electrons. The first kappa shape index (κ1) is 12.0. The molecule has 3 aliphatic carbocycles. The molecule has 0 aromatic rings. The zero-order valence-corrected chi connectivity index (χ0v) is 9.27. The van der Waals surface area contributed by atoms with E-state index in [0.29, 0.717) is 25.7 Å². The molecule has 0 aromatic carbocycles. The molecule has 1 atom stereocenters. The third kappa shape index (κ3) is 2.02. The first-order valence-electron chi connectivity index (χ1n) is 5.58. The topological polar surface area (TPSA) is 119 Å². The number of aliphatic hydroxyl groups is 1. The number of amides is 2.